The Morgan fingerprint density at radius 1 is 1.27 bits per heavy atom. The monoisotopic (exact) mass is 231 g/mol. The standard InChI is InChI=1S/C8H16F3NO3/c1-14-7(15-2)5-12(3-4-13)6-8(9,10)11/h7,13H,3-6H2,1-2H3. The van der Waals surface area contributed by atoms with Gasteiger partial charge in [-0.3, -0.25) is 4.90 Å². The summed E-state index contributed by atoms with van der Waals surface area (Å²) in [4.78, 5) is 1.03. The smallest absolute Gasteiger partial charge is 0.395 e. The van der Waals surface area contributed by atoms with Gasteiger partial charge in [-0.25, -0.2) is 0 Å². The lowest BCUT2D eigenvalue weighted by atomic mass is 10.4. The van der Waals surface area contributed by atoms with E-state index >= 15 is 0 Å². The lowest BCUT2D eigenvalue weighted by Gasteiger charge is -2.26. The van der Waals surface area contributed by atoms with Crippen molar-refractivity contribution in [2.24, 2.45) is 0 Å². The van der Waals surface area contributed by atoms with Crippen LogP contribution in [-0.2, 0) is 9.47 Å². The van der Waals surface area contributed by atoms with Gasteiger partial charge >= 0.3 is 6.18 Å². The molecule has 1 N–H and O–H groups in total. The second-order valence-corrected chi connectivity index (χ2v) is 2.97. The van der Waals surface area contributed by atoms with E-state index in [4.69, 9.17) is 14.6 Å². The molecule has 0 amide bonds. The Morgan fingerprint density at radius 3 is 2.13 bits per heavy atom. The normalized spacial score (nSPS) is 12.8. The van der Waals surface area contributed by atoms with Gasteiger partial charge in [-0.1, -0.05) is 0 Å². The maximum atomic E-state index is 12.1. The molecular formula is C8H16F3NO3. The summed E-state index contributed by atoms with van der Waals surface area (Å²) in [6, 6.07) is 0. The molecule has 0 aliphatic rings. The van der Waals surface area contributed by atoms with Crippen molar-refractivity contribution in [1.29, 1.82) is 0 Å². The number of aliphatic hydroxyl groups is 1. The topological polar surface area (TPSA) is 41.9 Å². The van der Waals surface area contributed by atoms with Crippen molar-refractivity contribution >= 4 is 0 Å². The summed E-state index contributed by atoms with van der Waals surface area (Å²) in [6.07, 6.45) is -5.01. The third kappa shape index (κ3) is 7.55. The van der Waals surface area contributed by atoms with Gasteiger partial charge in [0.2, 0.25) is 0 Å². The van der Waals surface area contributed by atoms with Crippen molar-refractivity contribution < 1.29 is 27.8 Å². The highest BCUT2D eigenvalue weighted by Crippen LogP contribution is 2.16. The summed E-state index contributed by atoms with van der Waals surface area (Å²) in [5.74, 6) is 0. The van der Waals surface area contributed by atoms with Crippen LogP contribution in [0.5, 0.6) is 0 Å². The molecule has 0 fully saturated rings. The summed E-state index contributed by atoms with van der Waals surface area (Å²) in [6.45, 7) is -1.52. The van der Waals surface area contributed by atoms with Crippen LogP contribution in [0, 0.1) is 0 Å². The molecule has 0 heterocycles. The molecule has 0 atom stereocenters. The first-order valence-corrected chi connectivity index (χ1v) is 4.38. The molecule has 0 radical (unpaired) electrons. The van der Waals surface area contributed by atoms with Crippen LogP contribution in [0.1, 0.15) is 0 Å². The zero-order valence-corrected chi connectivity index (χ0v) is 8.75. The molecule has 92 valence electrons. The van der Waals surface area contributed by atoms with Crippen molar-refractivity contribution in [1.82, 2.24) is 4.90 Å². The Hall–Kier alpha value is -0.370. The minimum absolute atomic E-state index is 0.0347. The molecule has 0 spiro atoms. The number of nitrogens with zero attached hydrogens (tertiary/aromatic N) is 1. The van der Waals surface area contributed by atoms with E-state index in [2.05, 4.69) is 0 Å². The van der Waals surface area contributed by atoms with Gasteiger partial charge < -0.3 is 14.6 Å². The maximum absolute atomic E-state index is 12.1. The van der Waals surface area contributed by atoms with Crippen LogP contribution in [0.3, 0.4) is 0 Å². The highest BCUT2D eigenvalue weighted by Gasteiger charge is 2.31. The molecule has 0 aromatic carbocycles. The molecule has 0 bridgehead atoms. The minimum atomic E-state index is -4.29. The summed E-state index contributed by atoms with van der Waals surface area (Å²) in [5, 5.41) is 8.60. The average Bonchev–Trinajstić information content (AvgIpc) is 2.11. The van der Waals surface area contributed by atoms with E-state index in [9.17, 15) is 13.2 Å². The van der Waals surface area contributed by atoms with Gasteiger partial charge in [0.25, 0.3) is 0 Å². The van der Waals surface area contributed by atoms with Crippen LogP contribution < -0.4 is 0 Å². The molecular weight excluding hydrogens is 215 g/mol. The first-order chi connectivity index (χ1) is 6.92. The van der Waals surface area contributed by atoms with Gasteiger partial charge in [0.15, 0.2) is 6.29 Å². The second-order valence-electron chi connectivity index (χ2n) is 2.97. The molecule has 0 aromatic rings. The van der Waals surface area contributed by atoms with Gasteiger partial charge in [-0.15, -0.1) is 0 Å². The van der Waals surface area contributed by atoms with E-state index in [0.29, 0.717) is 0 Å². The summed E-state index contributed by atoms with van der Waals surface area (Å²) >= 11 is 0. The third-order valence-corrected chi connectivity index (χ3v) is 1.75. The SMILES string of the molecule is COC(CN(CCO)CC(F)(F)F)OC. The van der Waals surface area contributed by atoms with Crippen molar-refractivity contribution in [2.45, 2.75) is 12.5 Å². The quantitative estimate of drug-likeness (QED) is 0.646. The predicted molar refractivity (Wildman–Crippen MR) is 47.4 cm³/mol. The molecule has 0 aliphatic heterocycles. The number of aliphatic hydroxyl groups excluding tert-OH is 1. The lowest BCUT2D eigenvalue weighted by molar-refractivity contribution is -0.165. The van der Waals surface area contributed by atoms with Crippen molar-refractivity contribution in [3.05, 3.63) is 0 Å². The molecule has 7 heteroatoms. The van der Waals surface area contributed by atoms with Crippen LogP contribution in [0.2, 0.25) is 0 Å². The Balaban J connectivity index is 4.14. The number of methoxy groups -OCH3 is 2. The van der Waals surface area contributed by atoms with E-state index in [-0.39, 0.29) is 19.7 Å². The van der Waals surface area contributed by atoms with Crippen LogP contribution >= 0.6 is 0 Å². The van der Waals surface area contributed by atoms with Gasteiger partial charge in [0.1, 0.15) is 0 Å². The number of ether oxygens (including phenoxy) is 2. The zero-order chi connectivity index (χ0) is 11.9. The number of hydrogen-bond donors (Lipinski definition) is 1. The minimum Gasteiger partial charge on any atom is -0.395 e. The van der Waals surface area contributed by atoms with Crippen molar-refractivity contribution in [3.63, 3.8) is 0 Å². The maximum Gasteiger partial charge on any atom is 0.401 e. The molecule has 15 heavy (non-hydrogen) atoms. The Labute approximate surface area is 86.6 Å². The third-order valence-electron chi connectivity index (χ3n) is 1.75. The molecule has 4 nitrogen and oxygen atoms in total. The van der Waals surface area contributed by atoms with Crippen LogP contribution in [0.25, 0.3) is 0 Å². The zero-order valence-electron chi connectivity index (χ0n) is 8.75. The number of rotatable bonds is 7. The molecule has 0 saturated carbocycles. The van der Waals surface area contributed by atoms with Gasteiger partial charge in [-0.2, -0.15) is 13.2 Å². The van der Waals surface area contributed by atoms with E-state index < -0.39 is 19.0 Å². The summed E-state index contributed by atoms with van der Waals surface area (Å²) < 4.78 is 45.8. The van der Waals surface area contributed by atoms with Crippen LogP contribution in [-0.4, -0.2) is 62.9 Å². The highest BCUT2D eigenvalue weighted by atomic mass is 19.4. The van der Waals surface area contributed by atoms with Gasteiger partial charge in [0.05, 0.1) is 13.2 Å². The summed E-state index contributed by atoms with van der Waals surface area (Å²) in [7, 11) is 2.69. The first kappa shape index (κ1) is 14.6. The van der Waals surface area contributed by atoms with E-state index in [1.165, 1.54) is 14.2 Å². The predicted octanol–water partition coefficient (Wildman–Crippen LogP) is 0.462. The first-order valence-electron chi connectivity index (χ1n) is 4.38. The van der Waals surface area contributed by atoms with E-state index in [1.54, 1.807) is 0 Å². The average molecular weight is 231 g/mol. The molecule has 0 rings (SSSR count). The largest absolute Gasteiger partial charge is 0.401 e. The number of hydrogen-bond acceptors (Lipinski definition) is 4. The van der Waals surface area contributed by atoms with Crippen LogP contribution in [0.4, 0.5) is 13.2 Å². The number of halogens is 3. The molecule has 0 unspecified atom stereocenters. The van der Waals surface area contributed by atoms with Crippen molar-refractivity contribution in [3.8, 4) is 0 Å². The van der Waals surface area contributed by atoms with Gasteiger partial charge in [0, 0.05) is 27.3 Å². The lowest BCUT2D eigenvalue weighted by Crippen LogP contribution is -2.41. The van der Waals surface area contributed by atoms with E-state index in [0.717, 1.165) is 4.90 Å². The van der Waals surface area contributed by atoms with Gasteiger partial charge in [-0.05, 0) is 0 Å². The Bertz CT molecular complexity index is 162. The Morgan fingerprint density at radius 2 is 1.80 bits per heavy atom. The second kappa shape index (κ2) is 7.00. The Kier molecular flexibility index (Phi) is 6.82. The fourth-order valence-electron chi connectivity index (χ4n) is 1.09. The molecule has 0 aromatic heterocycles. The highest BCUT2D eigenvalue weighted by molar-refractivity contribution is 4.64. The van der Waals surface area contributed by atoms with E-state index in [1.807, 2.05) is 0 Å². The fraction of sp³-hybridized carbons (Fsp3) is 1.00. The van der Waals surface area contributed by atoms with Crippen molar-refractivity contribution in [2.75, 3.05) is 40.5 Å². The summed E-state index contributed by atoms with van der Waals surface area (Å²) in [5.41, 5.74) is 0. The number of alkyl halides is 3. The molecule has 0 saturated heterocycles. The van der Waals surface area contributed by atoms with Crippen LogP contribution in [0.15, 0.2) is 0 Å². The molecule has 0 aliphatic carbocycles. The fourth-order valence-corrected chi connectivity index (χ4v) is 1.09.